The van der Waals surface area contributed by atoms with Crippen LogP contribution in [0.15, 0.2) is 11.9 Å². The van der Waals surface area contributed by atoms with Gasteiger partial charge in [-0.25, -0.2) is 4.39 Å². The topological polar surface area (TPSA) is 0 Å². The van der Waals surface area contributed by atoms with Crippen molar-refractivity contribution in [2.45, 2.75) is 31.5 Å². The minimum absolute atomic E-state index is 0.0926. The first-order valence-corrected chi connectivity index (χ1v) is 3.82. The Labute approximate surface area is 64.3 Å². The number of hydrogen-bond donors (Lipinski definition) is 0. The lowest BCUT2D eigenvalue weighted by molar-refractivity contribution is 0.548. The number of alkyl halides is 1. The molecule has 0 aliphatic carbocycles. The average molecular weight is 195 g/mol. The molecule has 0 nitrogen and oxygen atoms in total. The van der Waals surface area contributed by atoms with Gasteiger partial charge in [0.1, 0.15) is 5.83 Å². The molecular formula is C7H12BrF. The quantitative estimate of drug-likeness (QED) is 0.592. The first-order valence-electron chi connectivity index (χ1n) is 3.03. The van der Waals surface area contributed by atoms with Crippen molar-refractivity contribution in [2.24, 2.45) is 0 Å². The van der Waals surface area contributed by atoms with Crippen LogP contribution in [0.4, 0.5) is 4.39 Å². The monoisotopic (exact) mass is 194 g/mol. The fraction of sp³-hybridized carbons (Fsp3) is 0.714. The summed E-state index contributed by atoms with van der Waals surface area (Å²) in [4.78, 5) is 0. The fourth-order valence-corrected chi connectivity index (χ4v) is 0.584. The molecule has 0 N–H and O–H groups in total. The molecule has 0 radical (unpaired) electrons. The molecule has 0 aliphatic heterocycles. The molecule has 0 aromatic heterocycles. The van der Waals surface area contributed by atoms with E-state index in [9.17, 15) is 4.39 Å². The Kier molecular flexibility index (Phi) is 3.41. The second kappa shape index (κ2) is 3.35. The summed E-state index contributed by atoms with van der Waals surface area (Å²) in [6.45, 7) is 5.49. The number of hydrogen-bond acceptors (Lipinski definition) is 0. The normalized spacial score (nSPS) is 14.1. The summed E-state index contributed by atoms with van der Waals surface area (Å²) in [5, 5.41) is 0. The van der Waals surface area contributed by atoms with Gasteiger partial charge in [0.05, 0.1) is 4.32 Å². The summed E-state index contributed by atoms with van der Waals surface area (Å²) in [5.41, 5.74) is 0. The highest BCUT2D eigenvalue weighted by Crippen LogP contribution is 2.26. The van der Waals surface area contributed by atoms with Crippen LogP contribution >= 0.6 is 15.9 Å². The third-order valence-corrected chi connectivity index (χ3v) is 1.33. The average Bonchev–Trinajstić information content (AvgIpc) is 1.64. The SMILES string of the molecule is CC/C=C(/F)C(C)(C)Br. The van der Waals surface area contributed by atoms with Crippen molar-refractivity contribution < 1.29 is 4.39 Å². The molecular weight excluding hydrogens is 183 g/mol. The van der Waals surface area contributed by atoms with Crippen LogP contribution in [0.5, 0.6) is 0 Å². The molecule has 54 valence electrons. The predicted molar refractivity (Wildman–Crippen MR) is 42.5 cm³/mol. The van der Waals surface area contributed by atoms with E-state index in [0.29, 0.717) is 0 Å². The van der Waals surface area contributed by atoms with Crippen molar-refractivity contribution in [3.05, 3.63) is 11.9 Å². The van der Waals surface area contributed by atoms with E-state index in [-0.39, 0.29) is 5.83 Å². The van der Waals surface area contributed by atoms with Gasteiger partial charge in [-0.15, -0.1) is 0 Å². The number of halogens is 2. The minimum Gasteiger partial charge on any atom is -0.211 e. The van der Waals surface area contributed by atoms with Gasteiger partial charge in [0.15, 0.2) is 0 Å². The van der Waals surface area contributed by atoms with Crippen LogP contribution in [0.2, 0.25) is 0 Å². The van der Waals surface area contributed by atoms with E-state index in [4.69, 9.17) is 0 Å². The van der Waals surface area contributed by atoms with Gasteiger partial charge in [-0.05, 0) is 20.3 Å². The molecule has 0 bridgehead atoms. The zero-order valence-electron chi connectivity index (χ0n) is 6.04. The van der Waals surface area contributed by atoms with Crippen LogP contribution in [0.25, 0.3) is 0 Å². The largest absolute Gasteiger partial charge is 0.211 e. The van der Waals surface area contributed by atoms with Crippen LogP contribution in [0.3, 0.4) is 0 Å². The lowest BCUT2D eigenvalue weighted by Crippen LogP contribution is -2.09. The molecule has 0 rings (SSSR count). The van der Waals surface area contributed by atoms with E-state index in [1.165, 1.54) is 0 Å². The summed E-state index contributed by atoms with van der Waals surface area (Å²) >= 11 is 3.20. The Balaban J connectivity index is 4.03. The highest BCUT2D eigenvalue weighted by molar-refractivity contribution is 9.10. The molecule has 0 heterocycles. The summed E-state index contributed by atoms with van der Waals surface area (Å²) in [5.74, 6) is -0.0926. The Morgan fingerprint density at radius 1 is 1.67 bits per heavy atom. The van der Waals surface area contributed by atoms with Gasteiger partial charge in [0, 0.05) is 0 Å². The van der Waals surface area contributed by atoms with Gasteiger partial charge < -0.3 is 0 Å². The highest BCUT2D eigenvalue weighted by atomic mass is 79.9. The van der Waals surface area contributed by atoms with Crippen molar-refractivity contribution in [1.82, 2.24) is 0 Å². The third kappa shape index (κ3) is 3.68. The van der Waals surface area contributed by atoms with Gasteiger partial charge in [0.2, 0.25) is 0 Å². The summed E-state index contributed by atoms with van der Waals surface area (Å²) in [6, 6.07) is 0. The molecule has 9 heavy (non-hydrogen) atoms. The standard InChI is InChI=1S/C7H12BrF/c1-4-5-6(9)7(2,3)8/h5H,4H2,1-3H3/b6-5+. The maximum atomic E-state index is 12.7. The van der Waals surface area contributed by atoms with E-state index in [2.05, 4.69) is 15.9 Å². The third-order valence-electron chi connectivity index (χ3n) is 0.951. The predicted octanol–water partition coefficient (Wildman–Crippen LogP) is 3.42. The summed E-state index contributed by atoms with van der Waals surface area (Å²) in [6.07, 6.45) is 2.33. The second-order valence-electron chi connectivity index (χ2n) is 2.43. The fourth-order valence-electron chi connectivity index (χ4n) is 0.422. The van der Waals surface area contributed by atoms with Crippen LogP contribution in [0.1, 0.15) is 27.2 Å². The molecule has 0 atom stereocenters. The van der Waals surface area contributed by atoms with Crippen molar-refractivity contribution >= 4 is 15.9 Å². The van der Waals surface area contributed by atoms with Crippen LogP contribution in [-0.4, -0.2) is 4.32 Å². The second-order valence-corrected chi connectivity index (χ2v) is 4.42. The maximum Gasteiger partial charge on any atom is 0.112 e. The first kappa shape index (κ1) is 9.15. The lowest BCUT2D eigenvalue weighted by atomic mass is 10.2. The van der Waals surface area contributed by atoms with E-state index in [0.717, 1.165) is 6.42 Å². The van der Waals surface area contributed by atoms with Gasteiger partial charge >= 0.3 is 0 Å². The van der Waals surface area contributed by atoms with Gasteiger partial charge in [-0.3, -0.25) is 0 Å². The lowest BCUT2D eigenvalue weighted by Gasteiger charge is -2.12. The van der Waals surface area contributed by atoms with Gasteiger partial charge in [-0.2, -0.15) is 0 Å². The highest BCUT2D eigenvalue weighted by Gasteiger charge is 2.17. The maximum absolute atomic E-state index is 12.7. The molecule has 0 fully saturated rings. The van der Waals surface area contributed by atoms with E-state index in [1.54, 1.807) is 19.9 Å². The summed E-state index contributed by atoms with van der Waals surface area (Å²) in [7, 11) is 0. The first-order chi connectivity index (χ1) is 3.98. The van der Waals surface area contributed by atoms with E-state index in [1.807, 2.05) is 6.92 Å². The molecule has 0 unspecified atom stereocenters. The Bertz CT molecular complexity index is 111. The molecule has 0 saturated carbocycles. The van der Waals surface area contributed by atoms with Crippen LogP contribution in [0, 0.1) is 0 Å². The zero-order chi connectivity index (χ0) is 7.49. The van der Waals surface area contributed by atoms with Gasteiger partial charge in [0.25, 0.3) is 0 Å². The molecule has 0 aliphatic rings. The Morgan fingerprint density at radius 3 is 2.22 bits per heavy atom. The number of allylic oxidation sites excluding steroid dienone is 2. The van der Waals surface area contributed by atoms with Crippen molar-refractivity contribution in [2.75, 3.05) is 0 Å². The van der Waals surface area contributed by atoms with Crippen molar-refractivity contribution in [3.63, 3.8) is 0 Å². The molecule has 0 saturated heterocycles. The molecule has 0 aromatic rings. The van der Waals surface area contributed by atoms with Crippen molar-refractivity contribution in [3.8, 4) is 0 Å². The summed E-state index contributed by atoms with van der Waals surface area (Å²) < 4.78 is 12.2. The smallest absolute Gasteiger partial charge is 0.112 e. The molecule has 0 amide bonds. The van der Waals surface area contributed by atoms with Crippen molar-refractivity contribution in [1.29, 1.82) is 0 Å². The van der Waals surface area contributed by atoms with E-state index >= 15 is 0 Å². The number of rotatable bonds is 2. The minimum atomic E-state index is -0.483. The Morgan fingerprint density at radius 2 is 2.11 bits per heavy atom. The van der Waals surface area contributed by atoms with Crippen LogP contribution < -0.4 is 0 Å². The molecule has 2 heteroatoms. The van der Waals surface area contributed by atoms with E-state index < -0.39 is 4.32 Å². The molecule has 0 spiro atoms. The molecule has 0 aromatic carbocycles. The van der Waals surface area contributed by atoms with Gasteiger partial charge in [-0.1, -0.05) is 28.9 Å². The van der Waals surface area contributed by atoms with Crippen LogP contribution in [-0.2, 0) is 0 Å². The zero-order valence-corrected chi connectivity index (χ0v) is 7.63. The Hall–Kier alpha value is 0.150.